The molecule has 0 saturated carbocycles. The number of nitrogens with two attached hydrogens (primary N) is 1. The van der Waals surface area contributed by atoms with Crippen LogP contribution in [0.1, 0.15) is 5.82 Å². The fraction of sp³-hybridized carbons (Fsp3) is 0.0625. The molecule has 0 bridgehead atoms. The van der Waals surface area contributed by atoms with E-state index >= 15 is 0 Å². The van der Waals surface area contributed by atoms with E-state index in [1.165, 1.54) is 0 Å². The van der Waals surface area contributed by atoms with Crippen LogP contribution in [0.3, 0.4) is 0 Å². The minimum atomic E-state index is 0.517. The molecule has 0 atom stereocenters. The lowest BCUT2D eigenvalue weighted by Crippen LogP contribution is -2.01. The molecule has 2 N–H and O–H groups in total. The molecular weight excluding hydrogens is 278 g/mol. The van der Waals surface area contributed by atoms with E-state index in [4.69, 9.17) is 10.5 Å². The van der Waals surface area contributed by atoms with Crippen LogP contribution in [0.4, 0.5) is 5.69 Å². The second kappa shape index (κ2) is 5.69. The van der Waals surface area contributed by atoms with Gasteiger partial charge in [0.1, 0.15) is 0 Å². The van der Waals surface area contributed by atoms with Gasteiger partial charge in [-0.15, -0.1) is 10.2 Å². The molecule has 0 aliphatic rings. The molecule has 22 heavy (non-hydrogen) atoms. The normalized spacial score (nSPS) is 11.6. The Bertz CT molecular complexity index is 866. The van der Waals surface area contributed by atoms with Gasteiger partial charge in [0, 0.05) is 11.3 Å². The topological polar surface area (TPSA) is 78.3 Å². The fourth-order valence-electron chi connectivity index (χ4n) is 2.14. The van der Waals surface area contributed by atoms with Crippen LogP contribution in [-0.4, -0.2) is 26.9 Å². The molecule has 0 unspecified atom stereocenters. The summed E-state index contributed by atoms with van der Waals surface area (Å²) in [5, 5.41) is 12.8. The van der Waals surface area contributed by atoms with Crippen molar-refractivity contribution in [2.45, 2.75) is 0 Å². The number of allylic oxidation sites excluding steroid dienone is 2. The Morgan fingerprint density at radius 2 is 2.14 bits per heavy atom. The molecule has 110 valence electrons. The third-order valence-corrected chi connectivity index (χ3v) is 3.15. The van der Waals surface area contributed by atoms with Gasteiger partial charge in [-0.2, -0.15) is 9.61 Å². The van der Waals surface area contributed by atoms with Gasteiger partial charge in [-0.1, -0.05) is 24.8 Å². The quantitative estimate of drug-likeness (QED) is 0.454. The summed E-state index contributed by atoms with van der Waals surface area (Å²) in [6.07, 6.45) is 3.34. The summed E-state index contributed by atoms with van der Waals surface area (Å²) >= 11 is 0. The average molecular weight is 293 g/mol. The molecule has 1 aromatic carbocycles. The maximum Gasteiger partial charge on any atom is 0.220 e. The predicted molar refractivity (Wildman–Crippen MR) is 85.8 cm³/mol. The number of methoxy groups -OCH3 is 1. The van der Waals surface area contributed by atoms with E-state index in [0.29, 0.717) is 22.9 Å². The van der Waals surface area contributed by atoms with Crippen LogP contribution in [0.5, 0.6) is 0 Å². The van der Waals surface area contributed by atoms with Gasteiger partial charge in [0.05, 0.1) is 12.8 Å². The van der Waals surface area contributed by atoms with Crippen LogP contribution in [-0.2, 0) is 4.74 Å². The second-order valence-corrected chi connectivity index (χ2v) is 4.61. The summed E-state index contributed by atoms with van der Waals surface area (Å²) in [6, 6.07) is 11.3. The summed E-state index contributed by atoms with van der Waals surface area (Å²) in [5.74, 6) is 1.06. The Balaban J connectivity index is 2.16. The first-order valence-electron chi connectivity index (χ1n) is 6.68. The van der Waals surface area contributed by atoms with Gasteiger partial charge in [0.15, 0.2) is 11.4 Å². The molecule has 0 fully saturated rings. The summed E-state index contributed by atoms with van der Waals surface area (Å²) < 4.78 is 6.95. The number of rotatable bonds is 4. The van der Waals surface area contributed by atoms with E-state index in [2.05, 4.69) is 21.9 Å². The van der Waals surface area contributed by atoms with Gasteiger partial charge >= 0.3 is 0 Å². The lowest BCUT2D eigenvalue weighted by Gasteiger charge is -2.05. The van der Waals surface area contributed by atoms with Crippen molar-refractivity contribution in [3.05, 3.63) is 61.0 Å². The summed E-state index contributed by atoms with van der Waals surface area (Å²) in [4.78, 5) is 0. The monoisotopic (exact) mass is 293 g/mol. The van der Waals surface area contributed by atoms with Gasteiger partial charge in [-0.25, -0.2) is 0 Å². The van der Waals surface area contributed by atoms with Crippen LogP contribution in [0.15, 0.2) is 55.1 Å². The Labute approximate surface area is 127 Å². The second-order valence-electron chi connectivity index (χ2n) is 4.61. The zero-order valence-electron chi connectivity index (χ0n) is 12.1. The van der Waals surface area contributed by atoms with Crippen molar-refractivity contribution in [3.63, 3.8) is 0 Å². The molecule has 0 aliphatic heterocycles. The predicted octanol–water partition coefficient (Wildman–Crippen LogP) is 2.55. The SMILES string of the molecule is C=C/C=C(\OC)c1nnc2ccc(-c3cccc(N)c3)nn12. The van der Waals surface area contributed by atoms with Crippen molar-refractivity contribution in [3.8, 4) is 11.3 Å². The van der Waals surface area contributed by atoms with Crippen molar-refractivity contribution in [1.29, 1.82) is 0 Å². The first kappa shape index (κ1) is 13.8. The highest BCUT2D eigenvalue weighted by Crippen LogP contribution is 2.21. The highest BCUT2D eigenvalue weighted by Gasteiger charge is 2.13. The number of hydrogen-bond donors (Lipinski definition) is 1. The number of ether oxygens (including phenoxy) is 1. The number of nitrogens with zero attached hydrogens (tertiary/aromatic N) is 4. The van der Waals surface area contributed by atoms with Gasteiger partial charge in [-0.05, 0) is 30.3 Å². The van der Waals surface area contributed by atoms with E-state index in [1.807, 2.05) is 36.4 Å². The van der Waals surface area contributed by atoms with Gasteiger partial charge in [0.25, 0.3) is 0 Å². The van der Waals surface area contributed by atoms with E-state index < -0.39 is 0 Å². The van der Waals surface area contributed by atoms with Crippen LogP contribution in [0.25, 0.3) is 22.7 Å². The van der Waals surface area contributed by atoms with Crippen molar-refractivity contribution in [1.82, 2.24) is 19.8 Å². The third-order valence-electron chi connectivity index (χ3n) is 3.15. The lowest BCUT2D eigenvalue weighted by atomic mass is 10.1. The first-order valence-corrected chi connectivity index (χ1v) is 6.68. The Morgan fingerprint density at radius 1 is 1.27 bits per heavy atom. The molecule has 6 heteroatoms. The van der Waals surface area contributed by atoms with E-state index in [0.717, 1.165) is 11.3 Å². The number of aromatic nitrogens is 4. The lowest BCUT2D eigenvalue weighted by molar-refractivity contribution is 0.364. The van der Waals surface area contributed by atoms with E-state index in [-0.39, 0.29) is 0 Å². The number of benzene rings is 1. The zero-order valence-corrected chi connectivity index (χ0v) is 12.1. The minimum Gasteiger partial charge on any atom is -0.493 e. The zero-order chi connectivity index (χ0) is 15.5. The van der Waals surface area contributed by atoms with Crippen molar-refractivity contribution >= 4 is 17.1 Å². The standard InChI is InChI=1S/C16H15N5O/c1-3-5-14(22-2)16-19-18-15-9-8-13(20-21(15)16)11-6-4-7-12(17)10-11/h3-10H,1,17H2,2H3/b14-5-. The van der Waals surface area contributed by atoms with Crippen LogP contribution in [0.2, 0.25) is 0 Å². The van der Waals surface area contributed by atoms with Crippen LogP contribution in [0, 0.1) is 0 Å². The van der Waals surface area contributed by atoms with Crippen molar-refractivity contribution < 1.29 is 4.74 Å². The first-order chi connectivity index (χ1) is 10.7. The molecule has 3 aromatic rings. The molecule has 0 radical (unpaired) electrons. The average Bonchev–Trinajstić information content (AvgIpc) is 2.95. The van der Waals surface area contributed by atoms with Crippen LogP contribution < -0.4 is 5.73 Å². The summed E-state index contributed by atoms with van der Waals surface area (Å²) in [6.45, 7) is 3.67. The Hall–Kier alpha value is -3.15. The molecule has 3 rings (SSSR count). The highest BCUT2D eigenvalue weighted by atomic mass is 16.5. The largest absolute Gasteiger partial charge is 0.493 e. The fourth-order valence-corrected chi connectivity index (χ4v) is 2.14. The van der Waals surface area contributed by atoms with Gasteiger partial charge in [-0.3, -0.25) is 0 Å². The molecule has 2 heterocycles. The molecule has 0 aliphatic carbocycles. The Morgan fingerprint density at radius 3 is 2.86 bits per heavy atom. The van der Waals surface area contributed by atoms with E-state index in [1.54, 1.807) is 23.8 Å². The van der Waals surface area contributed by atoms with E-state index in [9.17, 15) is 0 Å². The summed E-state index contributed by atoms with van der Waals surface area (Å²) in [5.41, 5.74) is 8.85. The Kier molecular flexibility index (Phi) is 3.57. The van der Waals surface area contributed by atoms with Gasteiger partial charge in [0.2, 0.25) is 5.82 Å². The number of hydrogen-bond acceptors (Lipinski definition) is 5. The third kappa shape index (κ3) is 2.42. The maximum absolute atomic E-state index is 5.83. The number of anilines is 1. The molecule has 0 spiro atoms. The van der Waals surface area contributed by atoms with Crippen molar-refractivity contribution in [2.75, 3.05) is 12.8 Å². The molecule has 2 aromatic heterocycles. The maximum atomic E-state index is 5.83. The molecule has 6 nitrogen and oxygen atoms in total. The minimum absolute atomic E-state index is 0.517. The van der Waals surface area contributed by atoms with Gasteiger partial charge < -0.3 is 10.5 Å². The highest BCUT2D eigenvalue weighted by molar-refractivity contribution is 5.65. The molecule has 0 saturated heterocycles. The smallest absolute Gasteiger partial charge is 0.220 e. The molecule has 0 amide bonds. The number of fused-ring (bicyclic) bond motifs is 1. The summed E-state index contributed by atoms with van der Waals surface area (Å²) in [7, 11) is 1.57. The van der Waals surface area contributed by atoms with Crippen LogP contribution >= 0.6 is 0 Å². The number of nitrogen functional groups attached to an aromatic ring is 1. The van der Waals surface area contributed by atoms with Crippen molar-refractivity contribution in [2.24, 2.45) is 0 Å². The molecular formula is C16H15N5O.